The minimum atomic E-state index is -4.06. The van der Waals surface area contributed by atoms with Gasteiger partial charge in [0.05, 0.1) is 15.5 Å². The first kappa shape index (κ1) is 22.6. The molecule has 11 heteroatoms. The summed E-state index contributed by atoms with van der Waals surface area (Å²) in [5.74, 6) is -0.598. The lowest BCUT2D eigenvalue weighted by atomic mass is 10.1. The van der Waals surface area contributed by atoms with E-state index in [4.69, 9.17) is 0 Å². The number of rotatable bonds is 8. The molecular formula is C21H19N5O5S. The van der Waals surface area contributed by atoms with Crippen molar-refractivity contribution in [3.63, 3.8) is 0 Å². The van der Waals surface area contributed by atoms with Gasteiger partial charge in [-0.05, 0) is 48.9 Å². The van der Waals surface area contributed by atoms with E-state index in [1.807, 2.05) is 0 Å². The van der Waals surface area contributed by atoms with E-state index in [0.717, 1.165) is 4.31 Å². The predicted octanol–water partition coefficient (Wildman–Crippen LogP) is 2.73. The van der Waals surface area contributed by atoms with Gasteiger partial charge in [0.15, 0.2) is 0 Å². The zero-order valence-corrected chi connectivity index (χ0v) is 17.8. The number of carbonyl (C=O) groups excluding carboxylic acids is 1. The molecule has 3 aromatic rings. The molecule has 164 valence electrons. The van der Waals surface area contributed by atoms with Crippen molar-refractivity contribution >= 4 is 33.1 Å². The van der Waals surface area contributed by atoms with Crippen LogP contribution >= 0.6 is 0 Å². The van der Waals surface area contributed by atoms with E-state index in [-0.39, 0.29) is 16.4 Å². The molecule has 0 aliphatic carbocycles. The first-order valence-electron chi connectivity index (χ1n) is 9.36. The van der Waals surface area contributed by atoms with Crippen LogP contribution in [0.1, 0.15) is 12.5 Å². The van der Waals surface area contributed by atoms with Crippen molar-refractivity contribution in [2.24, 2.45) is 5.10 Å². The summed E-state index contributed by atoms with van der Waals surface area (Å²) < 4.78 is 27.2. The van der Waals surface area contributed by atoms with Crippen molar-refractivity contribution < 1.29 is 18.1 Å². The summed E-state index contributed by atoms with van der Waals surface area (Å²) in [6.45, 7) is 1.06. The van der Waals surface area contributed by atoms with Gasteiger partial charge in [0, 0.05) is 18.3 Å². The Bertz CT molecular complexity index is 1230. The number of benzene rings is 2. The number of nitro benzene ring substituents is 1. The third kappa shape index (κ3) is 5.32. The van der Waals surface area contributed by atoms with Gasteiger partial charge in [0.1, 0.15) is 12.4 Å². The number of pyridine rings is 1. The van der Waals surface area contributed by atoms with Gasteiger partial charge in [-0.1, -0.05) is 24.3 Å². The van der Waals surface area contributed by atoms with Crippen molar-refractivity contribution in [2.75, 3.05) is 10.8 Å². The highest BCUT2D eigenvalue weighted by molar-refractivity contribution is 7.92. The van der Waals surface area contributed by atoms with Crippen LogP contribution < -0.4 is 9.73 Å². The third-order valence-electron chi connectivity index (χ3n) is 4.37. The molecule has 1 amide bonds. The molecule has 1 aromatic heterocycles. The van der Waals surface area contributed by atoms with E-state index < -0.39 is 27.4 Å². The number of non-ortho nitro benzene ring substituents is 1. The number of amides is 1. The Kier molecular flexibility index (Phi) is 6.90. The van der Waals surface area contributed by atoms with E-state index in [9.17, 15) is 23.3 Å². The van der Waals surface area contributed by atoms with Crippen LogP contribution in [0.25, 0.3) is 0 Å². The van der Waals surface area contributed by atoms with Crippen LogP contribution in [0.4, 0.5) is 11.5 Å². The summed E-state index contributed by atoms with van der Waals surface area (Å²) in [7, 11) is -4.06. The molecule has 0 unspecified atom stereocenters. The summed E-state index contributed by atoms with van der Waals surface area (Å²) in [6.07, 6.45) is 1.43. The maximum Gasteiger partial charge on any atom is 0.269 e. The van der Waals surface area contributed by atoms with E-state index >= 15 is 0 Å². The summed E-state index contributed by atoms with van der Waals surface area (Å²) >= 11 is 0. The second-order valence-corrected chi connectivity index (χ2v) is 8.41. The molecule has 32 heavy (non-hydrogen) atoms. The molecule has 1 heterocycles. The second-order valence-electron chi connectivity index (χ2n) is 6.55. The van der Waals surface area contributed by atoms with Gasteiger partial charge >= 0.3 is 0 Å². The highest BCUT2D eigenvalue weighted by Gasteiger charge is 2.27. The van der Waals surface area contributed by atoms with E-state index in [0.29, 0.717) is 11.3 Å². The van der Waals surface area contributed by atoms with Crippen molar-refractivity contribution in [3.8, 4) is 0 Å². The Morgan fingerprint density at radius 2 is 1.72 bits per heavy atom. The lowest BCUT2D eigenvalue weighted by Crippen LogP contribution is -2.40. The zero-order valence-electron chi connectivity index (χ0n) is 17.0. The first-order valence-corrected chi connectivity index (χ1v) is 10.8. The van der Waals surface area contributed by atoms with E-state index in [1.54, 1.807) is 37.3 Å². The Morgan fingerprint density at radius 1 is 1.06 bits per heavy atom. The van der Waals surface area contributed by atoms with Crippen LogP contribution in [0.15, 0.2) is 89.0 Å². The Morgan fingerprint density at radius 3 is 2.31 bits per heavy atom. The van der Waals surface area contributed by atoms with Gasteiger partial charge in [-0.25, -0.2) is 23.1 Å². The standard InChI is InChI=1S/C21H19N5O5S/c1-16(17-10-12-18(13-11-17)26(28)29)23-24-21(27)15-25(20-9-5-6-14-22-20)32(30,31)19-7-3-2-4-8-19/h2-14H,15H2,1H3,(H,24,27)/b23-16-. The number of anilines is 1. The highest BCUT2D eigenvalue weighted by atomic mass is 32.2. The van der Waals surface area contributed by atoms with Crippen molar-refractivity contribution in [1.82, 2.24) is 10.4 Å². The molecule has 0 aliphatic rings. The van der Waals surface area contributed by atoms with Crippen molar-refractivity contribution in [2.45, 2.75) is 11.8 Å². The Hall–Kier alpha value is -4.12. The van der Waals surface area contributed by atoms with Crippen LogP contribution in [0.2, 0.25) is 0 Å². The van der Waals surface area contributed by atoms with Crippen molar-refractivity contribution in [1.29, 1.82) is 0 Å². The number of hydrogen-bond acceptors (Lipinski definition) is 7. The number of nitrogens with one attached hydrogen (secondary N) is 1. The smallest absolute Gasteiger partial charge is 0.269 e. The lowest BCUT2D eigenvalue weighted by molar-refractivity contribution is -0.384. The van der Waals surface area contributed by atoms with Crippen LogP contribution in [0, 0.1) is 10.1 Å². The average Bonchev–Trinajstić information content (AvgIpc) is 2.82. The number of nitro groups is 1. The zero-order chi connectivity index (χ0) is 23.1. The normalized spacial score (nSPS) is 11.6. The molecule has 0 fully saturated rings. The van der Waals surface area contributed by atoms with Gasteiger partial charge in [0.25, 0.3) is 21.6 Å². The molecular weight excluding hydrogens is 434 g/mol. The first-order chi connectivity index (χ1) is 15.3. The van der Waals surface area contributed by atoms with Gasteiger partial charge in [0.2, 0.25) is 0 Å². The summed E-state index contributed by atoms with van der Waals surface area (Å²) in [4.78, 5) is 26.9. The molecule has 10 nitrogen and oxygen atoms in total. The molecule has 0 bridgehead atoms. The predicted molar refractivity (Wildman–Crippen MR) is 119 cm³/mol. The number of sulfonamides is 1. The maximum atomic E-state index is 13.1. The summed E-state index contributed by atoms with van der Waals surface area (Å²) in [5.41, 5.74) is 3.21. The number of aromatic nitrogens is 1. The largest absolute Gasteiger partial charge is 0.271 e. The molecule has 0 radical (unpaired) electrons. The molecule has 0 saturated carbocycles. The SMILES string of the molecule is C/C(=N/NC(=O)CN(c1ccccn1)S(=O)(=O)c1ccccc1)c1ccc([N+](=O)[O-])cc1. The molecule has 3 rings (SSSR count). The maximum absolute atomic E-state index is 13.1. The fourth-order valence-electron chi connectivity index (χ4n) is 2.71. The molecule has 0 spiro atoms. The molecule has 0 atom stereocenters. The molecule has 0 saturated heterocycles. The van der Waals surface area contributed by atoms with Crippen molar-refractivity contribution in [3.05, 3.63) is 94.7 Å². The fourth-order valence-corrected chi connectivity index (χ4v) is 4.11. The second kappa shape index (κ2) is 9.79. The number of hydrazone groups is 1. The number of hydrogen-bond donors (Lipinski definition) is 1. The van der Waals surface area contributed by atoms with E-state index in [2.05, 4.69) is 15.5 Å². The fraction of sp³-hybridized carbons (Fsp3) is 0.0952. The number of nitrogens with zero attached hydrogens (tertiary/aromatic N) is 4. The van der Waals surface area contributed by atoms with Crippen LogP contribution in [-0.4, -0.2) is 36.5 Å². The molecule has 0 aliphatic heterocycles. The van der Waals surface area contributed by atoms with Crippen LogP contribution in [0.5, 0.6) is 0 Å². The highest BCUT2D eigenvalue weighted by Crippen LogP contribution is 2.21. The molecule has 2 aromatic carbocycles. The number of carbonyl (C=O) groups is 1. The quantitative estimate of drug-likeness (QED) is 0.316. The van der Waals surface area contributed by atoms with Gasteiger partial charge in [-0.3, -0.25) is 14.9 Å². The van der Waals surface area contributed by atoms with Gasteiger partial charge < -0.3 is 0 Å². The van der Waals surface area contributed by atoms with Gasteiger partial charge in [-0.15, -0.1) is 0 Å². The van der Waals surface area contributed by atoms with E-state index in [1.165, 1.54) is 48.7 Å². The Balaban J connectivity index is 1.80. The summed E-state index contributed by atoms with van der Waals surface area (Å²) in [5, 5.41) is 14.7. The van der Waals surface area contributed by atoms with Crippen LogP contribution in [-0.2, 0) is 14.8 Å². The monoisotopic (exact) mass is 453 g/mol. The minimum absolute atomic E-state index is 0.0176. The lowest BCUT2D eigenvalue weighted by Gasteiger charge is -2.22. The Labute approximate surface area is 184 Å². The summed E-state index contributed by atoms with van der Waals surface area (Å²) in [6, 6.07) is 18.1. The molecule has 1 N–H and O–H groups in total. The third-order valence-corrected chi connectivity index (χ3v) is 6.13. The minimum Gasteiger partial charge on any atom is -0.271 e. The average molecular weight is 453 g/mol. The van der Waals surface area contributed by atoms with Gasteiger partial charge in [-0.2, -0.15) is 5.10 Å². The topological polar surface area (TPSA) is 135 Å². The van der Waals surface area contributed by atoms with Crippen LogP contribution in [0.3, 0.4) is 0 Å².